The summed E-state index contributed by atoms with van der Waals surface area (Å²) in [5.74, 6) is 1.47. The van der Waals surface area contributed by atoms with E-state index in [2.05, 4.69) is 21.6 Å². The summed E-state index contributed by atoms with van der Waals surface area (Å²) in [5, 5.41) is 2.39. The van der Waals surface area contributed by atoms with E-state index in [1.807, 2.05) is 12.4 Å². The summed E-state index contributed by atoms with van der Waals surface area (Å²) < 4.78 is 3.26. The van der Waals surface area contributed by atoms with Crippen molar-refractivity contribution in [2.24, 2.45) is 5.92 Å². The van der Waals surface area contributed by atoms with E-state index in [-0.39, 0.29) is 18.0 Å². The van der Waals surface area contributed by atoms with Gasteiger partial charge in [0.1, 0.15) is 12.4 Å². The molecule has 0 saturated carbocycles. The first-order valence-electron chi connectivity index (χ1n) is 8.64. The topological polar surface area (TPSA) is 93.0 Å². The summed E-state index contributed by atoms with van der Waals surface area (Å²) in [7, 11) is 0. The van der Waals surface area contributed by atoms with Crippen LogP contribution in [-0.2, 0) is 24.3 Å². The Hall–Kier alpha value is -2.64. The number of aryl methyl sites for hydroxylation is 1. The Labute approximate surface area is 145 Å². The molecule has 0 unspecified atom stereocenters. The van der Waals surface area contributed by atoms with Crippen LogP contribution in [0.25, 0.3) is 0 Å². The quantitative estimate of drug-likeness (QED) is 0.840. The highest BCUT2D eigenvalue weighted by Crippen LogP contribution is 2.20. The molecule has 1 fully saturated rings. The predicted octanol–water partition coefficient (Wildman–Crippen LogP) is 0.234. The molecule has 8 nitrogen and oxygen atoms in total. The van der Waals surface area contributed by atoms with Gasteiger partial charge in [0, 0.05) is 50.6 Å². The van der Waals surface area contributed by atoms with E-state index in [9.17, 15) is 14.4 Å². The maximum Gasteiger partial charge on any atom is 0.265 e. The molecule has 1 saturated heterocycles. The molecule has 0 aliphatic carbocycles. The molecule has 134 valence electrons. The molecule has 3 heterocycles. The van der Waals surface area contributed by atoms with E-state index >= 15 is 0 Å². The zero-order chi connectivity index (χ0) is 17.8. The van der Waals surface area contributed by atoms with Crippen molar-refractivity contribution in [3.63, 3.8) is 0 Å². The molecular formula is C17H23N5O3. The van der Waals surface area contributed by atoms with Crippen molar-refractivity contribution >= 4 is 5.91 Å². The minimum atomic E-state index is -0.391. The van der Waals surface area contributed by atoms with Crippen LogP contribution in [0.2, 0.25) is 0 Å². The van der Waals surface area contributed by atoms with Gasteiger partial charge in [-0.15, -0.1) is 0 Å². The van der Waals surface area contributed by atoms with Crippen LogP contribution in [0.5, 0.6) is 0 Å². The standard InChI is InChI=1S/C17H23N5O3/c1-2-14-18-7-10-21(14)11-13-5-8-20(9-6-13)17(25)12-22-16(24)4-3-15(23)19-22/h3-4,7,10,13H,2,5-6,8-9,11-12H2,1H3,(H,19,23). The Bertz CT molecular complexity index is 842. The Morgan fingerprint density at radius 3 is 2.76 bits per heavy atom. The maximum absolute atomic E-state index is 12.4. The predicted molar refractivity (Wildman–Crippen MR) is 92.2 cm³/mol. The zero-order valence-corrected chi connectivity index (χ0v) is 14.4. The fraction of sp³-hybridized carbons (Fsp3) is 0.529. The normalized spacial score (nSPS) is 15.5. The SMILES string of the molecule is CCc1nccn1CC1CCN(C(=O)Cn2[nH]c(=O)ccc2=O)CC1. The van der Waals surface area contributed by atoms with Gasteiger partial charge in [0.25, 0.3) is 11.1 Å². The lowest BCUT2D eigenvalue weighted by molar-refractivity contribution is -0.133. The molecule has 3 rings (SSSR count). The molecule has 1 N–H and O–H groups in total. The third kappa shape index (κ3) is 4.07. The highest BCUT2D eigenvalue weighted by atomic mass is 16.2. The summed E-state index contributed by atoms with van der Waals surface area (Å²) in [6.07, 6.45) is 6.60. The van der Waals surface area contributed by atoms with Crippen LogP contribution in [0.15, 0.2) is 34.1 Å². The molecule has 1 aliphatic rings. The van der Waals surface area contributed by atoms with Crippen LogP contribution in [0.3, 0.4) is 0 Å². The number of H-pyrrole nitrogens is 1. The minimum Gasteiger partial charge on any atom is -0.341 e. The van der Waals surface area contributed by atoms with Crippen LogP contribution in [-0.4, -0.2) is 43.2 Å². The molecule has 0 radical (unpaired) electrons. The summed E-state index contributed by atoms with van der Waals surface area (Å²) >= 11 is 0. The third-order valence-electron chi connectivity index (χ3n) is 4.72. The number of carbonyl (C=O) groups excluding carboxylic acids is 1. The number of hydrogen-bond acceptors (Lipinski definition) is 4. The summed E-state index contributed by atoms with van der Waals surface area (Å²) in [5.41, 5.74) is -0.770. The average molecular weight is 345 g/mol. The summed E-state index contributed by atoms with van der Waals surface area (Å²) in [6, 6.07) is 2.34. The Kier molecular flexibility index (Phi) is 5.16. The van der Waals surface area contributed by atoms with E-state index in [1.54, 1.807) is 4.90 Å². The van der Waals surface area contributed by atoms with Crippen molar-refractivity contribution in [1.82, 2.24) is 24.2 Å². The number of rotatable bonds is 5. The number of hydrogen-bond donors (Lipinski definition) is 1. The maximum atomic E-state index is 12.4. The molecule has 0 aromatic carbocycles. The van der Waals surface area contributed by atoms with E-state index in [0.717, 1.165) is 42.4 Å². The highest BCUT2D eigenvalue weighted by Gasteiger charge is 2.23. The van der Waals surface area contributed by atoms with Crippen molar-refractivity contribution in [2.75, 3.05) is 13.1 Å². The fourth-order valence-electron chi connectivity index (χ4n) is 3.28. The molecule has 0 bridgehead atoms. The fourth-order valence-corrected chi connectivity index (χ4v) is 3.28. The van der Waals surface area contributed by atoms with E-state index in [1.165, 1.54) is 6.07 Å². The Morgan fingerprint density at radius 1 is 1.28 bits per heavy atom. The number of imidazole rings is 1. The number of aromatic nitrogens is 4. The van der Waals surface area contributed by atoms with Gasteiger partial charge < -0.3 is 9.47 Å². The lowest BCUT2D eigenvalue weighted by Gasteiger charge is -2.32. The monoisotopic (exact) mass is 345 g/mol. The van der Waals surface area contributed by atoms with Gasteiger partial charge in [-0.05, 0) is 18.8 Å². The lowest BCUT2D eigenvalue weighted by atomic mass is 9.96. The molecule has 8 heteroatoms. The number of likely N-dealkylation sites (tertiary alicyclic amines) is 1. The van der Waals surface area contributed by atoms with Crippen molar-refractivity contribution in [2.45, 2.75) is 39.3 Å². The van der Waals surface area contributed by atoms with Crippen LogP contribution < -0.4 is 11.1 Å². The minimum absolute atomic E-state index is 0.124. The highest BCUT2D eigenvalue weighted by molar-refractivity contribution is 5.75. The average Bonchev–Trinajstić information content (AvgIpc) is 3.06. The van der Waals surface area contributed by atoms with Gasteiger partial charge in [0.2, 0.25) is 5.91 Å². The van der Waals surface area contributed by atoms with Crippen LogP contribution in [0.1, 0.15) is 25.6 Å². The molecule has 25 heavy (non-hydrogen) atoms. The summed E-state index contributed by atoms with van der Waals surface area (Å²) in [6.45, 7) is 4.24. The molecule has 0 atom stereocenters. The van der Waals surface area contributed by atoms with E-state index in [0.29, 0.717) is 19.0 Å². The second-order valence-corrected chi connectivity index (χ2v) is 6.41. The number of nitrogens with one attached hydrogen (secondary N) is 1. The van der Waals surface area contributed by atoms with Crippen molar-refractivity contribution in [3.05, 3.63) is 51.1 Å². The third-order valence-corrected chi connectivity index (χ3v) is 4.72. The zero-order valence-electron chi connectivity index (χ0n) is 14.4. The van der Waals surface area contributed by atoms with Crippen molar-refractivity contribution < 1.29 is 4.79 Å². The second-order valence-electron chi connectivity index (χ2n) is 6.41. The van der Waals surface area contributed by atoms with E-state index < -0.39 is 5.56 Å². The van der Waals surface area contributed by atoms with Gasteiger partial charge in [-0.1, -0.05) is 6.92 Å². The summed E-state index contributed by atoms with van der Waals surface area (Å²) in [4.78, 5) is 41.5. The largest absolute Gasteiger partial charge is 0.341 e. The van der Waals surface area contributed by atoms with Crippen molar-refractivity contribution in [1.29, 1.82) is 0 Å². The van der Waals surface area contributed by atoms with Gasteiger partial charge in [0.15, 0.2) is 0 Å². The first-order chi connectivity index (χ1) is 12.1. The lowest BCUT2D eigenvalue weighted by Crippen LogP contribution is -2.43. The van der Waals surface area contributed by atoms with Crippen LogP contribution in [0, 0.1) is 5.92 Å². The second kappa shape index (κ2) is 7.50. The molecule has 1 aliphatic heterocycles. The molecule has 2 aromatic heterocycles. The Morgan fingerprint density at radius 2 is 2.04 bits per heavy atom. The molecule has 2 aromatic rings. The van der Waals surface area contributed by atoms with Crippen LogP contribution in [0.4, 0.5) is 0 Å². The van der Waals surface area contributed by atoms with Gasteiger partial charge in [-0.2, -0.15) is 0 Å². The van der Waals surface area contributed by atoms with Gasteiger partial charge in [-0.25, -0.2) is 9.67 Å². The smallest absolute Gasteiger partial charge is 0.265 e. The number of nitrogens with zero attached hydrogens (tertiary/aromatic N) is 4. The number of aromatic amines is 1. The first-order valence-corrected chi connectivity index (χ1v) is 8.64. The van der Waals surface area contributed by atoms with Gasteiger partial charge >= 0.3 is 0 Å². The Balaban J connectivity index is 1.55. The number of amides is 1. The van der Waals surface area contributed by atoms with E-state index in [4.69, 9.17) is 0 Å². The van der Waals surface area contributed by atoms with Gasteiger partial charge in [0.05, 0.1) is 0 Å². The molecular weight excluding hydrogens is 322 g/mol. The van der Waals surface area contributed by atoms with Crippen LogP contribution >= 0.6 is 0 Å². The number of carbonyl (C=O) groups is 1. The van der Waals surface area contributed by atoms with Crippen molar-refractivity contribution in [3.8, 4) is 0 Å². The molecule has 1 amide bonds. The first kappa shape index (κ1) is 17.2. The van der Waals surface area contributed by atoms with Gasteiger partial charge in [-0.3, -0.25) is 19.5 Å². The molecule has 0 spiro atoms. The number of piperidine rings is 1.